The third kappa shape index (κ3) is 4.26. The maximum absolute atomic E-state index is 12.7. The lowest BCUT2D eigenvalue weighted by Crippen LogP contribution is -2.31. The van der Waals surface area contributed by atoms with Crippen LogP contribution in [0.1, 0.15) is 46.7 Å². The Hall–Kier alpha value is -2.88. The fraction of sp³-hybridized carbons (Fsp3) is 0.304. The highest BCUT2D eigenvalue weighted by Gasteiger charge is 2.25. The van der Waals surface area contributed by atoms with E-state index in [4.69, 9.17) is 4.42 Å². The van der Waals surface area contributed by atoms with Crippen molar-refractivity contribution in [2.75, 3.05) is 11.9 Å². The molecule has 0 aliphatic heterocycles. The maximum atomic E-state index is 12.7. The summed E-state index contributed by atoms with van der Waals surface area (Å²) >= 11 is 1.55. The molecule has 0 radical (unpaired) electrons. The summed E-state index contributed by atoms with van der Waals surface area (Å²) < 4.78 is 5.57. The zero-order chi connectivity index (χ0) is 20.2. The highest BCUT2D eigenvalue weighted by molar-refractivity contribution is 7.16. The van der Waals surface area contributed by atoms with Gasteiger partial charge in [0.2, 0.25) is 5.91 Å². The van der Waals surface area contributed by atoms with Gasteiger partial charge in [-0.05, 0) is 48.4 Å². The number of carbonyl (C=O) groups is 1. The number of amides is 1. The van der Waals surface area contributed by atoms with Gasteiger partial charge in [0.25, 0.3) is 0 Å². The van der Waals surface area contributed by atoms with Crippen LogP contribution in [0.2, 0.25) is 0 Å². The molecule has 1 aliphatic rings. The number of fused-ring (bicyclic) bond motifs is 1. The van der Waals surface area contributed by atoms with Crippen LogP contribution in [0.4, 0.5) is 5.00 Å². The number of thiophene rings is 1. The Balaban J connectivity index is 1.47. The van der Waals surface area contributed by atoms with Crippen LogP contribution in [-0.4, -0.2) is 12.5 Å². The summed E-state index contributed by atoms with van der Waals surface area (Å²) in [7, 11) is 0. The van der Waals surface area contributed by atoms with E-state index in [1.165, 1.54) is 4.88 Å². The minimum atomic E-state index is -0.218. The molecule has 0 saturated carbocycles. The van der Waals surface area contributed by atoms with E-state index in [9.17, 15) is 10.1 Å². The normalized spacial score (nSPS) is 16.6. The third-order valence-corrected chi connectivity index (χ3v) is 6.47. The van der Waals surface area contributed by atoms with Crippen LogP contribution >= 0.6 is 11.3 Å². The largest absolute Gasteiger partial charge is 0.467 e. The van der Waals surface area contributed by atoms with Gasteiger partial charge in [-0.25, -0.2) is 0 Å². The lowest BCUT2D eigenvalue weighted by molar-refractivity contribution is -0.115. The maximum Gasteiger partial charge on any atom is 0.238 e. The molecule has 0 bridgehead atoms. The molecule has 1 amide bonds. The molecule has 0 spiro atoms. The van der Waals surface area contributed by atoms with Crippen LogP contribution in [0.25, 0.3) is 0 Å². The van der Waals surface area contributed by atoms with Gasteiger partial charge in [0.15, 0.2) is 0 Å². The fourth-order valence-corrected chi connectivity index (χ4v) is 5.18. The first-order valence-corrected chi connectivity index (χ1v) is 10.6. The molecule has 4 rings (SSSR count). The molecule has 29 heavy (non-hydrogen) atoms. The van der Waals surface area contributed by atoms with E-state index in [1.807, 2.05) is 42.5 Å². The summed E-state index contributed by atoms with van der Waals surface area (Å²) in [4.78, 5) is 13.9. The van der Waals surface area contributed by atoms with Crippen LogP contribution in [-0.2, 0) is 17.6 Å². The first kappa shape index (κ1) is 19.4. The summed E-state index contributed by atoms with van der Waals surface area (Å²) in [5.74, 6) is 1.21. The zero-order valence-electron chi connectivity index (χ0n) is 16.3. The van der Waals surface area contributed by atoms with Crippen molar-refractivity contribution < 1.29 is 9.21 Å². The summed E-state index contributed by atoms with van der Waals surface area (Å²) in [6, 6.07) is 15.7. The molecule has 148 valence electrons. The molecule has 0 fully saturated rings. The monoisotopic (exact) mass is 405 g/mol. The van der Waals surface area contributed by atoms with Crippen LogP contribution in [0, 0.1) is 17.2 Å². The van der Waals surface area contributed by atoms with Crippen molar-refractivity contribution in [2.24, 2.45) is 5.92 Å². The van der Waals surface area contributed by atoms with Gasteiger partial charge in [0.1, 0.15) is 16.8 Å². The van der Waals surface area contributed by atoms with Gasteiger partial charge >= 0.3 is 0 Å². The number of anilines is 1. The molecule has 2 atom stereocenters. The molecule has 2 N–H and O–H groups in total. The summed E-state index contributed by atoms with van der Waals surface area (Å²) in [6.07, 6.45) is 4.62. The van der Waals surface area contributed by atoms with E-state index in [2.05, 4.69) is 23.6 Å². The number of furan rings is 1. The zero-order valence-corrected chi connectivity index (χ0v) is 17.1. The average molecular weight is 406 g/mol. The minimum Gasteiger partial charge on any atom is -0.467 e. The predicted molar refractivity (Wildman–Crippen MR) is 114 cm³/mol. The van der Waals surface area contributed by atoms with Crippen molar-refractivity contribution in [3.05, 3.63) is 76.1 Å². The Kier molecular flexibility index (Phi) is 5.79. The Morgan fingerprint density at radius 3 is 2.86 bits per heavy atom. The standard InChI is InChI=1S/C23H23N3O2S/c1-15-9-10-17-18(13-24)23(29-20(17)12-15)26-21(27)14-25-22(19-8-5-11-28-19)16-6-3-2-4-7-16/h2-8,11,15,22,25H,9-10,12,14H2,1H3,(H,26,27)/t15-,22+/m0/s1. The number of nitrogens with zero attached hydrogens (tertiary/aromatic N) is 1. The minimum absolute atomic E-state index is 0.115. The number of nitrogens with one attached hydrogen (secondary N) is 2. The second-order valence-electron chi connectivity index (χ2n) is 7.46. The molecule has 6 heteroatoms. The molecule has 0 saturated heterocycles. The topological polar surface area (TPSA) is 78.1 Å². The van der Waals surface area contributed by atoms with Crippen LogP contribution in [0.15, 0.2) is 53.1 Å². The first-order valence-electron chi connectivity index (χ1n) is 9.82. The van der Waals surface area contributed by atoms with Crippen molar-refractivity contribution in [3.63, 3.8) is 0 Å². The van der Waals surface area contributed by atoms with Gasteiger partial charge in [0.05, 0.1) is 24.4 Å². The number of hydrogen-bond acceptors (Lipinski definition) is 5. The molecule has 1 aromatic carbocycles. The predicted octanol–water partition coefficient (Wildman–Crippen LogP) is 4.66. The lowest BCUT2D eigenvalue weighted by atomic mass is 9.89. The number of rotatable bonds is 6. The van der Waals surface area contributed by atoms with E-state index < -0.39 is 0 Å². The van der Waals surface area contributed by atoms with E-state index in [0.29, 0.717) is 16.5 Å². The van der Waals surface area contributed by atoms with Crippen LogP contribution < -0.4 is 10.6 Å². The molecule has 5 nitrogen and oxygen atoms in total. The Morgan fingerprint density at radius 1 is 1.31 bits per heavy atom. The van der Waals surface area contributed by atoms with Gasteiger partial charge in [-0.2, -0.15) is 5.26 Å². The second kappa shape index (κ2) is 8.64. The Labute approximate surface area is 174 Å². The quantitative estimate of drug-likeness (QED) is 0.625. The fourth-order valence-electron chi connectivity index (χ4n) is 3.81. The van der Waals surface area contributed by atoms with Gasteiger partial charge in [0, 0.05) is 4.88 Å². The second-order valence-corrected chi connectivity index (χ2v) is 8.56. The highest BCUT2D eigenvalue weighted by atomic mass is 32.1. The van der Waals surface area contributed by atoms with Crippen molar-refractivity contribution in [1.29, 1.82) is 5.26 Å². The number of nitriles is 1. The summed E-state index contributed by atoms with van der Waals surface area (Å²) in [5.41, 5.74) is 2.78. The van der Waals surface area contributed by atoms with Gasteiger partial charge in [-0.3, -0.25) is 10.1 Å². The highest BCUT2D eigenvalue weighted by Crippen LogP contribution is 2.39. The Morgan fingerprint density at radius 2 is 2.14 bits per heavy atom. The van der Waals surface area contributed by atoms with Crippen molar-refractivity contribution in [2.45, 2.75) is 32.2 Å². The van der Waals surface area contributed by atoms with E-state index in [0.717, 1.165) is 36.1 Å². The van der Waals surface area contributed by atoms with Gasteiger partial charge in [-0.15, -0.1) is 11.3 Å². The van der Waals surface area contributed by atoms with Crippen LogP contribution in [0.3, 0.4) is 0 Å². The van der Waals surface area contributed by atoms with Crippen molar-refractivity contribution >= 4 is 22.2 Å². The summed E-state index contributed by atoms with van der Waals surface area (Å²) in [6.45, 7) is 2.35. The number of hydrogen-bond donors (Lipinski definition) is 2. The van der Waals surface area contributed by atoms with E-state index in [1.54, 1.807) is 17.6 Å². The smallest absolute Gasteiger partial charge is 0.238 e. The molecule has 2 aromatic heterocycles. The van der Waals surface area contributed by atoms with Crippen LogP contribution in [0.5, 0.6) is 0 Å². The number of benzene rings is 1. The van der Waals surface area contributed by atoms with Crippen molar-refractivity contribution in [3.8, 4) is 6.07 Å². The van der Waals surface area contributed by atoms with E-state index >= 15 is 0 Å². The first-order chi connectivity index (χ1) is 14.2. The number of carbonyl (C=O) groups excluding carboxylic acids is 1. The van der Waals surface area contributed by atoms with Crippen molar-refractivity contribution in [1.82, 2.24) is 5.32 Å². The molecular weight excluding hydrogens is 382 g/mol. The molecule has 0 unspecified atom stereocenters. The van der Waals surface area contributed by atoms with Gasteiger partial charge < -0.3 is 9.73 Å². The summed E-state index contributed by atoms with van der Waals surface area (Å²) in [5, 5.41) is 16.5. The van der Waals surface area contributed by atoms with E-state index in [-0.39, 0.29) is 18.5 Å². The molecule has 1 aliphatic carbocycles. The third-order valence-electron chi connectivity index (χ3n) is 5.30. The average Bonchev–Trinajstić information content (AvgIpc) is 3.36. The SMILES string of the molecule is C[C@H]1CCc2c(sc(NC(=O)CN[C@H](c3ccccc3)c3ccco3)c2C#N)C1. The molecule has 3 aromatic rings. The molecule has 2 heterocycles. The lowest BCUT2D eigenvalue weighted by Gasteiger charge is -2.17. The molecular formula is C23H23N3O2S. The van der Waals surface area contributed by atoms with Gasteiger partial charge in [-0.1, -0.05) is 37.3 Å². The Bertz CT molecular complexity index is 1020.